The first-order valence-corrected chi connectivity index (χ1v) is 9.20. The summed E-state index contributed by atoms with van der Waals surface area (Å²) < 4.78 is 0. The lowest BCUT2D eigenvalue weighted by molar-refractivity contribution is -0.120. The Morgan fingerprint density at radius 2 is 1.81 bits per heavy atom. The topological polar surface area (TPSA) is 109 Å². The number of aromatic nitrogens is 1. The van der Waals surface area contributed by atoms with Crippen molar-refractivity contribution in [3.63, 3.8) is 0 Å². The average molecular weight is 367 g/mol. The third-order valence-electron chi connectivity index (χ3n) is 4.68. The van der Waals surface area contributed by atoms with Crippen molar-refractivity contribution in [1.29, 1.82) is 0 Å². The normalized spacial score (nSPS) is 19.1. The van der Waals surface area contributed by atoms with E-state index in [4.69, 9.17) is 5.73 Å². The summed E-state index contributed by atoms with van der Waals surface area (Å²) in [6.45, 7) is 0.409. The molecule has 5 N–H and O–H groups in total. The van der Waals surface area contributed by atoms with Crippen LogP contribution < -0.4 is 21.7 Å². The maximum absolute atomic E-state index is 12.4. The monoisotopic (exact) mass is 367 g/mol. The molecule has 1 aliphatic carbocycles. The maximum Gasteiger partial charge on any atom is 0.319 e. The molecule has 0 spiro atoms. The van der Waals surface area contributed by atoms with Crippen LogP contribution in [0.1, 0.15) is 31.2 Å². The minimum Gasteiger partial charge on any atom is -0.334 e. The number of hydrogen-bond acceptors (Lipinski definition) is 4. The van der Waals surface area contributed by atoms with Crippen molar-refractivity contribution in [3.8, 4) is 0 Å². The zero-order valence-electron chi connectivity index (χ0n) is 15.2. The second-order valence-electron chi connectivity index (χ2n) is 6.86. The van der Waals surface area contributed by atoms with Gasteiger partial charge in [0.2, 0.25) is 5.91 Å². The fourth-order valence-electron chi connectivity index (χ4n) is 3.24. The number of nitrogens with two attached hydrogens (primary N) is 1. The number of nitrogens with one attached hydrogen (secondary N) is 3. The van der Waals surface area contributed by atoms with Crippen LogP contribution >= 0.6 is 0 Å². The summed E-state index contributed by atoms with van der Waals surface area (Å²) in [6, 6.07) is 10.6. The van der Waals surface area contributed by atoms with Gasteiger partial charge in [0.25, 0.3) is 0 Å². The van der Waals surface area contributed by atoms with Crippen molar-refractivity contribution >= 4 is 23.3 Å². The van der Waals surface area contributed by atoms with Crippen molar-refractivity contribution in [3.05, 3.63) is 54.4 Å². The number of amides is 3. The molecule has 2 unspecified atom stereocenters. The third-order valence-corrected chi connectivity index (χ3v) is 4.68. The number of carbonyl (C=O) groups is 2. The summed E-state index contributed by atoms with van der Waals surface area (Å²) in [5, 5.41) is 8.49. The summed E-state index contributed by atoms with van der Waals surface area (Å²) in [7, 11) is 0. The summed E-state index contributed by atoms with van der Waals surface area (Å²) >= 11 is 0. The maximum atomic E-state index is 12.4. The molecule has 2 atom stereocenters. The number of carbonyl (C=O) groups excluding carboxylic acids is 2. The summed E-state index contributed by atoms with van der Waals surface area (Å²) in [5.74, 6) is -0.0570. The molecule has 0 bridgehead atoms. The van der Waals surface area contributed by atoms with Crippen LogP contribution in [0.2, 0.25) is 0 Å². The van der Waals surface area contributed by atoms with E-state index in [1.165, 1.54) is 0 Å². The SMILES string of the molecule is NC1CCCC(C(=O)Nc2cccc(NC(=O)NCc3ccncc3)c2)C1. The van der Waals surface area contributed by atoms with E-state index in [0.29, 0.717) is 17.9 Å². The van der Waals surface area contributed by atoms with Crippen molar-refractivity contribution in [2.24, 2.45) is 11.7 Å². The van der Waals surface area contributed by atoms with Gasteiger partial charge in [0.1, 0.15) is 0 Å². The van der Waals surface area contributed by atoms with Crippen LogP contribution in [0.4, 0.5) is 16.2 Å². The van der Waals surface area contributed by atoms with E-state index < -0.39 is 0 Å². The van der Waals surface area contributed by atoms with Gasteiger partial charge in [0, 0.05) is 42.3 Å². The van der Waals surface area contributed by atoms with Crippen molar-refractivity contribution in [2.45, 2.75) is 38.3 Å². The first-order valence-electron chi connectivity index (χ1n) is 9.20. The molecule has 0 radical (unpaired) electrons. The first kappa shape index (κ1) is 18.8. The molecule has 0 aliphatic heterocycles. The van der Waals surface area contributed by atoms with Gasteiger partial charge < -0.3 is 21.7 Å². The fourth-order valence-corrected chi connectivity index (χ4v) is 3.24. The predicted molar refractivity (Wildman–Crippen MR) is 105 cm³/mol. The lowest BCUT2D eigenvalue weighted by Crippen LogP contribution is -2.34. The van der Waals surface area contributed by atoms with E-state index in [1.54, 1.807) is 36.7 Å². The van der Waals surface area contributed by atoms with Crippen LogP contribution in [0.5, 0.6) is 0 Å². The van der Waals surface area contributed by atoms with Gasteiger partial charge in [-0.3, -0.25) is 9.78 Å². The quantitative estimate of drug-likeness (QED) is 0.651. The van der Waals surface area contributed by atoms with E-state index in [1.807, 2.05) is 12.1 Å². The smallest absolute Gasteiger partial charge is 0.319 e. The lowest BCUT2D eigenvalue weighted by Gasteiger charge is -2.25. The highest BCUT2D eigenvalue weighted by atomic mass is 16.2. The molecule has 1 aromatic carbocycles. The lowest BCUT2D eigenvalue weighted by atomic mass is 9.85. The van der Waals surface area contributed by atoms with Gasteiger partial charge in [-0.2, -0.15) is 0 Å². The van der Waals surface area contributed by atoms with Crippen molar-refractivity contribution < 1.29 is 9.59 Å². The molecule has 7 heteroatoms. The molecule has 142 valence electrons. The number of nitrogens with zero attached hydrogens (tertiary/aromatic N) is 1. The average Bonchev–Trinajstić information content (AvgIpc) is 2.67. The summed E-state index contributed by atoms with van der Waals surface area (Å²) in [6.07, 6.45) is 6.92. The number of hydrogen-bond donors (Lipinski definition) is 4. The minimum atomic E-state index is -0.312. The molecule has 2 aromatic rings. The molecule has 1 aliphatic rings. The van der Waals surface area contributed by atoms with E-state index in [2.05, 4.69) is 20.9 Å². The summed E-state index contributed by atoms with van der Waals surface area (Å²) in [5.41, 5.74) is 8.20. The Hall–Kier alpha value is -2.93. The van der Waals surface area contributed by atoms with Crippen LogP contribution in [-0.2, 0) is 11.3 Å². The Morgan fingerprint density at radius 1 is 1.07 bits per heavy atom. The largest absolute Gasteiger partial charge is 0.334 e. The highest BCUT2D eigenvalue weighted by Gasteiger charge is 2.25. The van der Waals surface area contributed by atoms with E-state index in [9.17, 15) is 9.59 Å². The molecule has 1 aromatic heterocycles. The van der Waals surface area contributed by atoms with Crippen molar-refractivity contribution in [1.82, 2.24) is 10.3 Å². The first-order chi connectivity index (χ1) is 13.1. The Labute approximate surface area is 158 Å². The van der Waals surface area contributed by atoms with Gasteiger partial charge in [-0.05, 0) is 55.2 Å². The van der Waals surface area contributed by atoms with Crippen LogP contribution in [0.15, 0.2) is 48.8 Å². The van der Waals surface area contributed by atoms with Gasteiger partial charge in [0.15, 0.2) is 0 Å². The number of rotatable bonds is 5. The number of anilines is 2. The highest BCUT2D eigenvalue weighted by molar-refractivity contribution is 5.94. The van der Waals surface area contributed by atoms with Crippen LogP contribution in [-0.4, -0.2) is 23.0 Å². The molecular formula is C20H25N5O2. The van der Waals surface area contributed by atoms with E-state index in [0.717, 1.165) is 31.2 Å². The standard InChI is InChI=1S/C20H25N5O2/c21-16-4-1-3-15(11-16)19(26)24-17-5-2-6-18(12-17)25-20(27)23-13-14-7-9-22-10-8-14/h2,5-10,12,15-16H,1,3-4,11,13,21H2,(H,24,26)(H2,23,25,27). The van der Waals surface area contributed by atoms with Crippen LogP contribution in [0, 0.1) is 5.92 Å². The summed E-state index contributed by atoms with van der Waals surface area (Å²) in [4.78, 5) is 28.4. The van der Waals surface area contributed by atoms with E-state index >= 15 is 0 Å². The molecule has 3 amide bonds. The fraction of sp³-hybridized carbons (Fsp3) is 0.350. The van der Waals surface area contributed by atoms with Crippen LogP contribution in [0.25, 0.3) is 0 Å². The van der Waals surface area contributed by atoms with E-state index in [-0.39, 0.29) is 23.9 Å². The molecule has 7 nitrogen and oxygen atoms in total. The Kier molecular flexibility index (Phi) is 6.38. The van der Waals surface area contributed by atoms with Gasteiger partial charge in [-0.15, -0.1) is 0 Å². The predicted octanol–water partition coefficient (Wildman–Crippen LogP) is 2.86. The molecule has 27 heavy (non-hydrogen) atoms. The Balaban J connectivity index is 1.52. The second kappa shape index (κ2) is 9.14. The highest BCUT2D eigenvalue weighted by Crippen LogP contribution is 2.25. The molecule has 1 fully saturated rings. The number of urea groups is 1. The third kappa shape index (κ3) is 5.79. The molecule has 1 saturated carbocycles. The molecule has 3 rings (SSSR count). The number of benzene rings is 1. The second-order valence-corrected chi connectivity index (χ2v) is 6.86. The van der Waals surface area contributed by atoms with Gasteiger partial charge >= 0.3 is 6.03 Å². The molecule has 1 heterocycles. The number of pyridine rings is 1. The molecule has 0 saturated heterocycles. The minimum absolute atomic E-state index is 0.00978. The van der Waals surface area contributed by atoms with Gasteiger partial charge in [-0.1, -0.05) is 12.5 Å². The molecular weight excluding hydrogens is 342 g/mol. The van der Waals surface area contributed by atoms with Crippen LogP contribution in [0.3, 0.4) is 0 Å². The van der Waals surface area contributed by atoms with Crippen molar-refractivity contribution in [2.75, 3.05) is 10.6 Å². The Bertz CT molecular complexity index is 781. The zero-order valence-corrected chi connectivity index (χ0v) is 15.2. The Morgan fingerprint density at radius 3 is 2.56 bits per heavy atom. The van der Waals surface area contributed by atoms with Gasteiger partial charge in [-0.25, -0.2) is 4.79 Å². The van der Waals surface area contributed by atoms with Gasteiger partial charge in [0.05, 0.1) is 0 Å². The zero-order chi connectivity index (χ0) is 19.1.